The summed E-state index contributed by atoms with van der Waals surface area (Å²) < 4.78 is 15.5. The topological polar surface area (TPSA) is 119 Å². The van der Waals surface area contributed by atoms with Gasteiger partial charge in [0.05, 0.1) is 24.7 Å². The molecule has 8 nitrogen and oxygen atoms in total. The van der Waals surface area contributed by atoms with Crippen molar-refractivity contribution in [1.82, 2.24) is 0 Å². The number of carbonyl (C=O) groups is 3. The molecule has 0 spiro atoms. The zero-order valence-electron chi connectivity index (χ0n) is 16.8. The van der Waals surface area contributed by atoms with Crippen LogP contribution in [0.3, 0.4) is 0 Å². The van der Waals surface area contributed by atoms with Crippen LogP contribution in [-0.2, 0) is 19.1 Å². The summed E-state index contributed by atoms with van der Waals surface area (Å²) in [6, 6.07) is 6.27. The number of rotatable bonds is 11. The number of ether oxygens (including phenoxy) is 3. The van der Waals surface area contributed by atoms with Crippen molar-refractivity contribution >= 4 is 17.9 Å². The highest BCUT2D eigenvalue weighted by atomic mass is 16.6. The first-order valence-corrected chi connectivity index (χ1v) is 10.0. The van der Waals surface area contributed by atoms with E-state index in [0.29, 0.717) is 49.8 Å². The predicted octanol–water partition coefficient (Wildman–Crippen LogP) is 2.94. The number of esters is 2. The summed E-state index contributed by atoms with van der Waals surface area (Å²) in [6.45, 7) is 3.75. The van der Waals surface area contributed by atoms with E-state index in [-0.39, 0.29) is 25.0 Å². The van der Waals surface area contributed by atoms with E-state index in [1.807, 2.05) is 0 Å². The van der Waals surface area contributed by atoms with Crippen molar-refractivity contribution in [2.24, 2.45) is 11.8 Å². The van der Waals surface area contributed by atoms with E-state index >= 15 is 0 Å². The molecule has 30 heavy (non-hydrogen) atoms. The van der Waals surface area contributed by atoms with Crippen LogP contribution in [0.2, 0.25) is 0 Å². The van der Waals surface area contributed by atoms with E-state index in [4.69, 9.17) is 19.3 Å². The van der Waals surface area contributed by atoms with Gasteiger partial charge < -0.3 is 24.4 Å². The molecule has 1 aromatic rings. The number of aliphatic carboxylic acids is 1. The molecule has 1 saturated carbocycles. The summed E-state index contributed by atoms with van der Waals surface area (Å²) >= 11 is 0. The standard InChI is InChI=1S/C22H28O8/c1-2-19(23)28-13-3-4-14-29-21(26)16-9-11-18(12-10-16)30-22(27)17-7-5-15(6-8-17)20(24)25/h2,9-12,15,17,22,27H,1,3-8,13-14H2,(H,24,25). The monoisotopic (exact) mass is 420 g/mol. The van der Waals surface area contributed by atoms with Gasteiger partial charge in [-0.2, -0.15) is 0 Å². The first-order chi connectivity index (χ1) is 14.4. The van der Waals surface area contributed by atoms with Gasteiger partial charge in [-0.05, 0) is 62.8 Å². The van der Waals surface area contributed by atoms with Crippen molar-refractivity contribution in [3.63, 3.8) is 0 Å². The van der Waals surface area contributed by atoms with E-state index in [9.17, 15) is 19.5 Å². The molecule has 0 radical (unpaired) electrons. The molecule has 0 amide bonds. The molecular formula is C22H28O8. The number of aliphatic hydroxyl groups is 1. The minimum atomic E-state index is -1.02. The summed E-state index contributed by atoms with van der Waals surface area (Å²) in [5, 5.41) is 19.3. The van der Waals surface area contributed by atoms with Crippen LogP contribution in [0.15, 0.2) is 36.9 Å². The van der Waals surface area contributed by atoms with E-state index in [2.05, 4.69) is 6.58 Å². The van der Waals surface area contributed by atoms with Gasteiger partial charge in [0, 0.05) is 12.0 Å². The molecule has 1 aromatic carbocycles. The molecule has 0 aromatic heterocycles. The van der Waals surface area contributed by atoms with Crippen molar-refractivity contribution in [3.8, 4) is 5.75 Å². The Labute approximate surface area is 175 Å². The molecule has 164 valence electrons. The first kappa shape index (κ1) is 23.4. The van der Waals surface area contributed by atoms with Crippen LogP contribution in [0.4, 0.5) is 0 Å². The fourth-order valence-corrected chi connectivity index (χ4v) is 3.24. The van der Waals surface area contributed by atoms with Gasteiger partial charge in [0.15, 0.2) is 6.29 Å². The Morgan fingerprint density at radius 2 is 1.63 bits per heavy atom. The summed E-state index contributed by atoms with van der Waals surface area (Å²) in [4.78, 5) is 33.9. The van der Waals surface area contributed by atoms with Crippen molar-refractivity contribution in [3.05, 3.63) is 42.5 Å². The largest absolute Gasteiger partial charge is 0.481 e. The average molecular weight is 420 g/mol. The zero-order valence-corrected chi connectivity index (χ0v) is 16.8. The summed E-state index contributed by atoms with van der Waals surface area (Å²) in [6.07, 6.45) is 3.46. The van der Waals surface area contributed by atoms with E-state index in [0.717, 1.165) is 6.08 Å². The number of hydrogen-bond acceptors (Lipinski definition) is 7. The Hall–Kier alpha value is -2.87. The molecule has 0 saturated heterocycles. The number of carboxylic acids is 1. The van der Waals surface area contributed by atoms with Crippen LogP contribution in [0, 0.1) is 11.8 Å². The van der Waals surface area contributed by atoms with Crippen LogP contribution >= 0.6 is 0 Å². The van der Waals surface area contributed by atoms with E-state index in [1.54, 1.807) is 24.3 Å². The molecule has 1 fully saturated rings. The third-order valence-electron chi connectivity index (χ3n) is 5.05. The minimum Gasteiger partial charge on any atom is -0.481 e. The van der Waals surface area contributed by atoms with Gasteiger partial charge in [-0.1, -0.05) is 6.58 Å². The number of benzene rings is 1. The molecule has 1 aliphatic rings. The van der Waals surface area contributed by atoms with Crippen LogP contribution in [0.1, 0.15) is 48.9 Å². The molecular weight excluding hydrogens is 392 g/mol. The molecule has 0 heterocycles. The fourth-order valence-electron chi connectivity index (χ4n) is 3.24. The second kappa shape index (κ2) is 12.0. The molecule has 2 rings (SSSR count). The predicted molar refractivity (Wildman–Crippen MR) is 107 cm³/mol. The van der Waals surface area contributed by atoms with Crippen LogP contribution < -0.4 is 4.74 Å². The molecule has 0 aliphatic heterocycles. The normalized spacial score (nSPS) is 19.4. The highest BCUT2D eigenvalue weighted by Crippen LogP contribution is 2.32. The Balaban J connectivity index is 1.70. The van der Waals surface area contributed by atoms with Gasteiger partial charge in [0.25, 0.3) is 0 Å². The SMILES string of the molecule is C=CC(=O)OCCCCOC(=O)c1ccc(OC(O)C2CCC(C(=O)O)CC2)cc1. The lowest BCUT2D eigenvalue weighted by atomic mass is 9.82. The lowest BCUT2D eigenvalue weighted by Crippen LogP contribution is -2.32. The molecule has 2 N–H and O–H groups in total. The van der Waals surface area contributed by atoms with E-state index < -0.39 is 24.2 Å². The highest BCUT2D eigenvalue weighted by molar-refractivity contribution is 5.89. The van der Waals surface area contributed by atoms with E-state index in [1.165, 1.54) is 0 Å². The van der Waals surface area contributed by atoms with Crippen molar-refractivity contribution in [2.45, 2.75) is 44.8 Å². The van der Waals surface area contributed by atoms with Crippen LogP contribution in [0.25, 0.3) is 0 Å². The maximum atomic E-state index is 12.0. The van der Waals surface area contributed by atoms with Gasteiger partial charge in [-0.25, -0.2) is 9.59 Å². The maximum absolute atomic E-state index is 12.0. The zero-order chi connectivity index (χ0) is 21.9. The molecule has 1 atom stereocenters. The van der Waals surface area contributed by atoms with Crippen molar-refractivity contribution in [2.75, 3.05) is 13.2 Å². The van der Waals surface area contributed by atoms with Gasteiger partial charge >= 0.3 is 17.9 Å². The third kappa shape index (κ3) is 7.51. The highest BCUT2D eigenvalue weighted by Gasteiger charge is 2.30. The van der Waals surface area contributed by atoms with Crippen LogP contribution in [0.5, 0.6) is 5.75 Å². The molecule has 1 unspecified atom stereocenters. The van der Waals surface area contributed by atoms with Crippen LogP contribution in [-0.4, -0.2) is 47.6 Å². The second-order valence-electron chi connectivity index (χ2n) is 7.20. The number of aliphatic hydroxyl groups excluding tert-OH is 1. The summed E-state index contributed by atoms with van der Waals surface area (Å²) in [5.74, 6) is -1.78. The lowest BCUT2D eigenvalue weighted by Gasteiger charge is -2.29. The fraction of sp³-hybridized carbons (Fsp3) is 0.500. The Kier molecular flexibility index (Phi) is 9.34. The quantitative estimate of drug-likeness (QED) is 0.243. The smallest absolute Gasteiger partial charge is 0.338 e. The van der Waals surface area contributed by atoms with Gasteiger partial charge in [0.1, 0.15) is 5.75 Å². The first-order valence-electron chi connectivity index (χ1n) is 10.0. The lowest BCUT2D eigenvalue weighted by molar-refractivity contribution is -0.144. The number of hydrogen-bond donors (Lipinski definition) is 2. The second-order valence-corrected chi connectivity index (χ2v) is 7.20. The van der Waals surface area contributed by atoms with Crippen molar-refractivity contribution < 1.29 is 38.8 Å². The van der Waals surface area contributed by atoms with Crippen molar-refractivity contribution in [1.29, 1.82) is 0 Å². The van der Waals surface area contributed by atoms with Gasteiger partial charge in [-0.3, -0.25) is 4.79 Å². The Morgan fingerprint density at radius 3 is 2.20 bits per heavy atom. The molecule has 1 aliphatic carbocycles. The summed E-state index contributed by atoms with van der Waals surface area (Å²) in [5.41, 5.74) is 0.358. The summed E-state index contributed by atoms with van der Waals surface area (Å²) in [7, 11) is 0. The number of carboxylic acid groups (broad SMARTS) is 1. The average Bonchev–Trinajstić information content (AvgIpc) is 2.76. The maximum Gasteiger partial charge on any atom is 0.338 e. The molecule has 0 bridgehead atoms. The molecule has 8 heteroatoms. The Bertz CT molecular complexity index is 719. The third-order valence-corrected chi connectivity index (χ3v) is 5.05. The minimum absolute atomic E-state index is 0.115. The van der Waals surface area contributed by atoms with Gasteiger partial charge in [0.2, 0.25) is 0 Å². The number of unbranched alkanes of at least 4 members (excludes halogenated alkanes) is 1. The number of carbonyl (C=O) groups excluding carboxylic acids is 2. The van der Waals surface area contributed by atoms with Gasteiger partial charge in [-0.15, -0.1) is 0 Å². The Morgan fingerprint density at radius 1 is 1.03 bits per heavy atom.